The van der Waals surface area contributed by atoms with Gasteiger partial charge in [0.05, 0.1) is 18.0 Å². The first-order valence-corrected chi connectivity index (χ1v) is 10.4. The Bertz CT molecular complexity index is 1470. The Kier molecular flexibility index (Phi) is 4.75. The van der Waals surface area contributed by atoms with Gasteiger partial charge in [-0.15, -0.1) is 11.3 Å². The summed E-state index contributed by atoms with van der Waals surface area (Å²) < 4.78 is 3.24. The first-order valence-electron chi connectivity index (χ1n) is 9.56. The Balaban J connectivity index is 1.63. The van der Waals surface area contributed by atoms with Crippen molar-refractivity contribution in [1.82, 2.24) is 24.3 Å². The van der Waals surface area contributed by atoms with E-state index in [0.717, 1.165) is 16.6 Å². The van der Waals surface area contributed by atoms with Gasteiger partial charge < -0.3 is 15.0 Å². The molecule has 0 atom stereocenters. The lowest BCUT2D eigenvalue weighted by atomic mass is 10.1. The van der Waals surface area contributed by atoms with E-state index in [1.165, 1.54) is 22.9 Å². The van der Waals surface area contributed by atoms with E-state index in [2.05, 4.69) is 15.3 Å². The Morgan fingerprint density at radius 3 is 2.62 bits per heavy atom. The average Bonchev–Trinajstić information content (AvgIpc) is 3.52. The molecular formula is C22H16N6O3S. The molecule has 0 saturated heterocycles. The average molecular weight is 444 g/mol. The van der Waals surface area contributed by atoms with Crippen LogP contribution in [-0.4, -0.2) is 41.3 Å². The Morgan fingerprint density at radius 2 is 1.94 bits per heavy atom. The number of hydrogen-bond acceptors (Lipinski definition) is 6. The maximum absolute atomic E-state index is 12.6. The molecule has 5 rings (SSSR count). The van der Waals surface area contributed by atoms with E-state index in [9.17, 15) is 14.7 Å². The highest BCUT2D eigenvalue weighted by Crippen LogP contribution is 2.32. The minimum absolute atomic E-state index is 0.0458. The van der Waals surface area contributed by atoms with Crippen molar-refractivity contribution in [3.8, 4) is 16.4 Å². The maximum atomic E-state index is 12.6. The van der Waals surface area contributed by atoms with E-state index in [0.29, 0.717) is 22.0 Å². The summed E-state index contributed by atoms with van der Waals surface area (Å²) >= 11 is 1.18. The molecule has 0 unspecified atom stereocenters. The molecule has 0 aliphatic rings. The van der Waals surface area contributed by atoms with Crippen molar-refractivity contribution in [3.05, 3.63) is 77.8 Å². The van der Waals surface area contributed by atoms with Gasteiger partial charge in [0.2, 0.25) is 5.13 Å². The van der Waals surface area contributed by atoms with Crippen LogP contribution in [0, 0.1) is 0 Å². The summed E-state index contributed by atoms with van der Waals surface area (Å²) in [6.45, 7) is 0. The van der Waals surface area contributed by atoms with E-state index in [-0.39, 0.29) is 11.6 Å². The van der Waals surface area contributed by atoms with Crippen molar-refractivity contribution in [3.63, 3.8) is 0 Å². The molecule has 2 N–H and O–H groups in total. The van der Waals surface area contributed by atoms with Gasteiger partial charge in [-0.25, -0.2) is 19.4 Å². The number of amides is 1. The molecule has 0 fully saturated rings. The van der Waals surface area contributed by atoms with Crippen molar-refractivity contribution >= 4 is 39.8 Å². The summed E-state index contributed by atoms with van der Waals surface area (Å²) in [5.74, 6) is -1.39. The molecule has 3 aromatic heterocycles. The van der Waals surface area contributed by atoms with Gasteiger partial charge in [-0.05, 0) is 18.2 Å². The molecule has 0 radical (unpaired) electrons. The number of nitrogens with zero attached hydrogens (tertiary/aromatic N) is 5. The molecule has 0 saturated carbocycles. The SMILES string of the molecule is Cn1cncc1C(=O)Nc1ccc2c(-c3ccccc3)nn(-c3nc(C(=O)O)cs3)c2c1. The van der Waals surface area contributed by atoms with Crippen LogP contribution >= 0.6 is 11.3 Å². The second kappa shape index (κ2) is 7.75. The number of fused-ring (bicyclic) bond motifs is 1. The highest BCUT2D eigenvalue weighted by Gasteiger charge is 2.19. The zero-order valence-corrected chi connectivity index (χ0v) is 17.6. The number of benzene rings is 2. The lowest BCUT2D eigenvalue weighted by Gasteiger charge is -2.06. The number of aromatic carboxylic acids is 1. The fourth-order valence-electron chi connectivity index (χ4n) is 3.38. The molecule has 0 aliphatic heterocycles. The minimum Gasteiger partial charge on any atom is -0.476 e. The number of carbonyl (C=O) groups excluding carboxylic acids is 1. The number of carboxylic acid groups (broad SMARTS) is 1. The number of anilines is 1. The van der Waals surface area contributed by atoms with Crippen molar-refractivity contribution in [2.45, 2.75) is 0 Å². The van der Waals surface area contributed by atoms with Crippen molar-refractivity contribution in [2.24, 2.45) is 7.05 Å². The second-order valence-corrected chi connectivity index (χ2v) is 7.86. The predicted molar refractivity (Wildman–Crippen MR) is 120 cm³/mol. The smallest absolute Gasteiger partial charge is 0.355 e. The van der Waals surface area contributed by atoms with Crippen LogP contribution in [0.5, 0.6) is 0 Å². The van der Waals surface area contributed by atoms with Crippen molar-refractivity contribution < 1.29 is 14.7 Å². The quantitative estimate of drug-likeness (QED) is 0.426. The molecule has 2 aromatic carbocycles. The standard InChI is InChI=1S/C22H16N6O3S/c1-27-12-23-10-18(27)20(29)24-14-7-8-15-17(9-14)28(22-25-16(11-32-22)21(30)31)26-19(15)13-5-3-2-4-6-13/h2-12H,1H3,(H,24,29)(H,30,31). The number of aromatic nitrogens is 5. The Morgan fingerprint density at radius 1 is 1.12 bits per heavy atom. The summed E-state index contributed by atoms with van der Waals surface area (Å²) in [4.78, 5) is 32.1. The van der Waals surface area contributed by atoms with Gasteiger partial charge >= 0.3 is 5.97 Å². The molecule has 158 valence electrons. The van der Waals surface area contributed by atoms with Crippen LogP contribution in [0.15, 0.2) is 66.4 Å². The van der Waals surface area contributed by atoms with E-state index in [1.807, 2.05) is 36.4 Å². The molecular weight excluding hydrogens is 428 g/mol. The summed E-state index contributed by atoms with van der Waals surface area (Å²) in [7, 11) is 1.74. The highest BCUT2D eigenvalue weighted by molar-refractivity contribution is 7.12. The van der Waals surface area contributed by atoms with E-state index in [4.69, 9.17) is 5.10 Å². The van der Waals surface area contributed by atoms with Crippen molar-refractivity contribution in [2.75, 3.05) is 5.32 Å². The number of carboxylic acids is 1. The molecule has 3 heterocycles. The number of thiazole rings is 1. The van der Waals surface area contributed by atoms with Gasteiger partial charge in [-0.2, -0.15) is 5.10 Å². The van der Waals surface area contributed by atoms with Gasteiger partial charge in [0, 0.05) is 29.1 Å². The minimum atomic E-state index is -1.10. The predicted octanol–water partition coefficient (Wildman–Crippen LogP) is 3.83. The third kappa shape index (κ3) is 3.42. The van der Waals surface area contributed by atoms with E-state index in [1.54, 1.807) is 34.8 Å². The van der Waals surface area contributed by atoms with Gasteiger partial charge in [0.25, 0.3) is 5.91 Å². The van der Waals surface area contributed by atoms with Crippen LogP contribution < -0.4 is 5.32 Å². The van der Waals surface area contributed by atoms with Crippen LogP contribution in [0.2, 0.25) is 0 Å². The summed E-state index contributed by atoms with van der Waals surface area (Å²) in [6, 6.07) is 15.2. The van der Waals surface area contributed by atoms with Crippen LogP contribution in [0.3, 0.4) is 0 Å². The number of aryl methyl sites for hydroxylation is 1. The van der Waals surface area contributed by atoms with E-state index >= 15 is 0 Å². The summed E-state index contributed by atoms with van der Waals surface area (Å²) in [5, 5.41) is 19.6. The lowest BCUT2D eigenvalue weighted by molar-refractivity contribution is 0.0691. The topological polar surface area (TPSA) is 115 Å². The largest absolute Gasteiger partial charge is 0.476 e. The maximum Gasteiger partial charge on any atom is 0.355 e. The van der Waals surface area contributed by atoms with Gasteiger partial charge in [0.1, 0.15) is 11.4 Å². The van der Waals surface area contributed by atoms with Gasteiger partial charge in [-0.1, -0.05) is 30.3 Å². The normalized spacial score (nSPS) is 11.0. The Hall–Kier alpha value is -4.31. The van der Waals surface area contributed by atoms with Gasteiger partial charge in [0.15, 0.2) is 5.69 Å². The Labute approximate surface area is 185 Å². The first-order chi connectivity index (χ1) is 15.5. The lowest BCUT2D eigenvalue weighted by Crippen LogP contribution is -2.15. The van der Waals surface area contributed by atoms with Crippen LogP contribution in [0.25, 0.3) is 27.3 Å². The monoisotopic (exact) mass is 444 g/mol. The molecule has 10 heteroatoms. The number of imidazole rings is 1. The number of nitrogens with one attached hydrogen (secondary N) is 1. The van der Waals surface area contributed by atoms with E-state index < -0.39 is 5.97 Å². The molecule has 5 aromatic rings. The first kappa shape index (κ1) is 19.6. The summed E-state index contributed by atoms with van der Waals surface area (Å²) in [5.41, 5.74) is 3.29. The van der Waals surface area contributed by atoms with Crippen LogP contribution in [0.4, 0.5) is 5.69 Å². The molecule has 9 nitrogen and oxygen atoms in total. The highest BCUT2D eigenvalue weighted by atomic mass is 32.1. The third-order valence-electron chi connectivity index (χ3n) is 4.93. The summed E-state index contributed by atoms with van der Waals surface area (Å²) in [6.07, 6.45) is 3.05. The fraction of sp³-hybridized carbons (Fsp3) is 0.0455. The zero-order chi connectivity index (χ0) is 22.2. The third-order valence-corrected chi connectivity index (χ3v) is 5.74. The molecule has 32 heavy (non-hydrogen) atoms. The van der Waals surface area contributed by atoms with Gasteiger partial charge in [-0.3, -0.25) is 4.79 Å². The second-order valence-electron chi connectivity index (χ2n) is 7.02. The molecule has 1 amide bonds. The number of carbonyl (C=O) groups is 2. The number of hydrogen-bond donors (Lipinski definition) is 2. The zero-order valence-electron chi connectivity index (χ0n) is 16.8. The van der Waals surface area contributed by atoms with Crippen LogP contribution in [-0.2, 0) is 7.05 Å². The molecule has 0 spiro atoms. The molecule has 0 bridgehead atoms. The number of rotatable bonds is 5. The van der Waals surface area contributed by atoms with Crippen LogP contribution in [0.1, 0.15) is 21.0 Å². The van der Waals surface area contributed by atoms with Crippen molar-refractivity contribution in [1.29, 1.82) is 0 Å². The fourth-order valence-corrected chi connectivity index (χ4v) is 4.14. The molecule has 0 aliphatic carbocycles.